The van der Waals surface area contributed by atoms with Crippen LogP contribution in [0.2, 0.25) is 0 Å². The molecule has 0 spiro atoms. The molecule has 1 aromatic heterocycles. The van der Waals surface area contributed by atoms with Gasteiger partial charge in [-0.25, -0.2) is 0 Å². The summed E-state index contributed by atoms with van der Waals surface area (Å²) in [5.74, 6) is 0. The molecule has 2 heterocycles. The van der Waals surface area contributed by atoms with E-state index in [1.165, 1.54) is 84.4 Å². The van der Waals surface area contributed by atoms with E-state index in [-0.39, 0.29) is 0 Å². The van der Waals surface area contributed by atoms with Crippen molar-refractivity contribution in [3.8, 4) is 0 Å². The number of thiazole rings is 1. The Hall–Kier alpha value is -2.56. The Bertz CT molecular complexity index is 1450. The zero-order valence-electron chi connectivity index (χ0n) is 23.6. The minimum absolute atomic E-state index is 1.09. The van der Waals surface area contributed by atoms with Crippen molar-refractivity contribution in [2.24, 2.45) is 0 Å². The van der Waals surface area contributed by atoms with Crippen molar-refractivity contribution < 1.29 is 4.57 Å². The second-order valence-electron chi connectivity index (χ2n) is 10.7. The number of nitrogens with zero attached hydrogens (tertiary/aromatic N) is 2. The molecule has 0 radical (unpaired) electrons. The molecule has 198 valence electrons. The molecule has 0 atom stereocenters. The van der Waals surface area contributed by atoms with Crippen molar-refractivity contribution in [1.29, 1.82) is 0 Å². The number of allylic oxidation sites excluding steroid dienone is 6. The van der Waals surface area contributed by atoms with Crippen molar-refractivity contribution in [2.45, 2.75) is 84.6 Å². The van der Waals surface area contributed by atoms with Gasteiger partial charge in [-0.3, -0.25) is 0 Å². The van der Waals surface area contributed by atoms with Gasteiger partial charge in [-0.2, -0.15) is 4.57 Å². The van der Waals surface area contributed by atoms with E-state index in [1.807, 2.05) is 23.1 Å². The fourth-order valence-corrected chi connectivity index (χ4v) is 7.52. The van der Waals surface area contributed by atoms with Gasteiger partial charge in [-0.1, -0.05) is 74.1 Å². The Balaban J connectivity index is 1.39. The molecule has 1 aliphatic carbocycles. The predicted octanol–water partition coefficient (Wildman–Crippen LogP) is 9.91. The van der Waals surface area contributed by atoms with Gasteiger partial charge >= 0.3 is 0 Å². The quantitative estimate of drug-likeness (QED) is 0.249. The average Bonchev–Trinajstić information content (AvgIpc) is 3.55. The maximum Gasteiger partial charge on any atom is 0.262 e. The lowest BCUT2D eigenvalue weighted by molar-refractivity contribution is -0.669. The van der Waals surface area contributed by atoms with Crippen LogP contribution < -0.4 is 9.47 Å². The maximum atomic E-state index is 2.53. The third-order valence-corrected chi connectivity index (χ3v) is 9.98. The van der Waals surface area contributed by atoms with Gasteiger partial charge in [-0.05, 0) is 92.2 Å². The summed E-state index contributed by atoms with van der Waals surface area (Å²) in [5.41, 5.74) is 9.84. The summed E-state index contributed by atoms with van der Waals surface area (Å²) >= 11 is 3.84. The van der Waals surface area contributed by atoms with E-state index in [2.05, 4.69) is 105 Å². The molecule has 2 aliphatic rings. The van der Waals surface area contributed by atoms with E-state index < -0.39 is 0 Å². The molecule has 5 rings (SSSR count). The standard InChI is InChI=1S/C34H41N2S2/c1-6-8-20-35-29-22-24(3)10-16-31(29)37-33(35)18-14-27-12-13-28(26(27)5)15-19-34-36(21-9-7-2)30-23-25(4)11-17-32(30)38-34/h10-11,14-19,22-23H,6-9,12-13,20-21H2,1-5H3/q+1. The number of hydrogen-bond acceptors (Lipinski definition) is 3. The fraction of sp³-hybridized carbons (Fsp3) is 0.382. The Labute approximate surface area is 237 Å². The van der Waals surface area contributed by atoms with Crippen LogP contribution in [0.25, 0.3) is 16.3 Å². The summed E-state index contributed by atoms with van der Waals surface area (Å²) in [6.07, 6.45) is 16.6. The van der Waals surface area contributed by atoms with Crippen LogP contribution in [0, 0.1) is 13.8 Å². The van der Waals surface area contributed by atoms with Gasteiger partial charge in [0.15, 0.2) is 6.54 Å². The Morgan fingerprint density at radius 2 is 1.68 bits per heavy atom. The van der Waals surface area contributed by atoms with Crippen molar-refractivity contribution >= 4 is 45.1 Å². The highest BCUT2D eigenvalue weighted by molar-refractivity contribution is 8.03. The number of aromatic nitrogens is 1. The first-order valence-corrected chi connectivity index (χ1v) is 15.9. The summed E-state index contributed by atoms with van der Waals surface area (Å²) in [6.45, 7) is 13.4. The lowest BCUT2D eigenvalue weighted by Gasteiger charge is -2.20. The minimum Gasteiger partial charge on any atom is -0.335 e. The van der Waals surface area contributed by atoms with Crippen LogP contribution in [0.15, 0.2) is 81.3 Å². The molecular formula is C34H41N2S2+. The summed E-state index contributed by atoms with van der Waals surface area (Å²) in [6, 6.07) is 13.7. The molecule has 0 fully saturated rings. The molecule has 2 aromatic carbocycles. The number of hydrogen-bond donors (Lipinski definition) is 0. The minimum atomic E-state index is 1.09. The molecule has 0 unspecified atom stereocenters. The van der Waals surface area contributed by atoms with Gasteiger partial charge < -0.3 is 4.90 Å². The van der Waals surface area contributed by atoms with Gasteiger partial charge in [0.25, 0.3) is 5.01 Å². The molecule has 4 heteroatoms. The Morgan fingerprint density at radius 3 is 2.50 bits per heavy atom. The summed E-state index contributed by atoms with van der Waals surface area (Å²) in [7, 11) is 0. The SMILES string of the molecule is CCCCN1C(=CC=C2CCC(C=Cc3sc4ccc(C)cc4[n+]3CCCC)=C2C)Sc2ccc(C)cc21. The summed E-state index contributed by atoms with van der Waals surface area (Å²) in [4.78, 5) is 3.91. The lowest BCUT2D eigenvalue weighted by atomic mass is 10.1. The average molecular weight is 542 g/mol. The van der Waals surface area contributed by atoms with E-state index >= 15 is 0 Å². The van der Waals surface area contributed by atoms with E-state index in [4.69, 9.17) is 0 Å². The van der Waals surface area contributed by atoms with E-state index in [0.29, 0.717) is 0 Å². The van der Waals surface area contributed by atoms with Gasteiger partial charge in [0.1, 0.15) is 4.70 Å². The molecule has 0 saturated heterocycles. The maximum absolute atomic E-state index is 2.53. The number of thioether (sulfide) groups is 1. The third kappa shape index (κ3) is 5.72. The van der Waals surface area contributed by atoms with Crippen molar-refractivity contribution in [3.63, 3.8) is 0 Å². The van der Waals surface area contributed by atoms with Crippen molar-refractivity contribution in [3.05, 3.63) is 92.5 Å². The van der Waals surface area contributed by atoms with E-state index in [9.17, 15) is 0 Å². The van der Waals surface area contributed by atoms with E-state index in [0.717, 1.165) is 25.9 Å². The summed E-state index contributed by atoms with van der Waals surface area (Å²) in [5, 5.41) is 2.72. The number of aryl methyl sites for hydroxylation is 3. The van der Waals surface area contributed by atoms with Crippen LogP contribution in [0.4, 0.5) is 5.69 Å². The highest BCUT2D eigenvalue weighted by Crippen LogP contribution is 2.46. The number of benzene rings is 2. The van der Waals surface area contributed by atoms with Crippen LogP contribution >= 0.6 is 23.1 Å². The largest absolute Gasteiger partial charge is 0.335 e. The highest BCUT2D eigenvalue weighted by Gasteiger charge is 2.25. The van der Waals surface area contributed by atoms with Gasteiger partial charge in [0.05, 0.1) is 10.7 Å². The molecule has 0 amide bonds. The first kappa shape index (κ1) is 27.0. The molecule has 3 aromatic rings. The highest BCUT2D eigenvalue weighted by atomic mass is 32.2. The predicted molar refractivity (Wildman–Crippen MR) is 168 cm³/mol. The van der Waals surface area contributed by atoms with Crippen molar-refractivity contribution in [1.82, 2.24) is 0 Å². The van der Waals surface area contributed by atoms with E-state index in [1.54, 1.807) is 0 Å². The first-order chi connectivity index (χ1) is 18.5. The molecular weight excluding hydrogens is 501 g/mol. The third-order valence-electron chi connectivity index (χ3n) is 7.72. The number of rotatable bonds is 9. The molecule has 0 saturated carbocycles. The monoisotopic (exact) mass is 541 g/mol. The van der Waals surface area contributed by atoms with Crippen LogP contribution in [-0.2, 0) is 6.54 Å². The second kappa shape index (κ2) is 12.1. The van der Waals surface area contributed by atoms with Crippen LogP contribution in [-0.4, -0.2) is 6.54 Å². The molecule has 38 heavy (non-hydrogen) atoms. The number of fused-ring (bicyclic) bond motifs is 2. The molecule has 0 bridgehead atoms. The number of unbranched alkanes of at least 4 members (excludes halogenated alkanes) is 2. The molecule has 0 N–H and O–H groups in total. The fourth-order valence-electron chi connectivity index (χ4n) is 5.37. The first-order valence-electron chi connectivity index (χ1n) is 14.3. The van der Waals surface area contributed by atoms with Crippen LogP contribution in [0.5, 0.6) is 0 Å². The normalized spacial score (nSPS) is 17.8. The van der Waals surface area contributed by atoms with Gasteiger partial charge in [-0.15, -0.1) is 0 Å². The molecule has 2 nitrogen and oxygen atoms in total. The topological polar surface area (TPSA) is 7.12 Å². The zero-order chi connectivity index (χ0) is 26.6. The van der Waals surface area contributed by atoms with Crippen molar-refractivity contribution in [2.75, 3.05) is 11.4 Å². The number of anilines is 1. The van der Waals surface area contributed by atoms with Gasteiger partial charge in [0.2, 0.25) is 5.52 Å². The van der Waals surface area contributed by atoms with Gasteiger partial charge in [0, 0.05) is 30.0 Å². The smallest absolute Gasteiger partial charge is 0.262 e. The van der Waals surface area contributed by atoms with Crippen LogP contribution in [0.1, 0.15) is 75.4 Å². The second-order valence-corrected chi connectivity index (χ2v) is 12.8. The molecule has 1 aliphatic heterocycles. The summed E-state index contributed by atoms with van der Waals surface area (Å²) < 4.78 is 3.91. The van der Waals surface area contributed by atoms with Crippen LogP contribution in [0.3, 0.4) is 0 Å². The zero-order valence-corrected chi connectivity index (χ0v) is 25.3. The Kier molecular flexibility index (Phi) is 8.60. The lowest BCUT2D eigenvalue weighted by Crippen LogP contribution is -2.35. The Morgan fingerprint density at radius 1 is 0.895 bits per heavy atom.